The molecule has 11 heteroatoms. The molecule has 1 N–H and O–H groups in total. The highest BCUT2D eigenvalue weighted by Crippen LogP contribution is 2.43. The fourth-order valence-electron chi connectivity index (χ4n) is 2.88. The maximum atomic E-state index is 14.4. The molecule has 1 unspecified atom stereocenters. The molecule has 0 saturated heterocycles. The fourth-order valence-corrected chi connectivity index (χ4v) is 3.13. The third kappa shape index (κ3) is 4.64. The van der Waals surface area contributed by atoms with Crippen molar-refractivity contribution in [3.05, 3.63) is 71.3 Å². The highest BCUT2D eigenvalue weighted by atomic mass is 35.5. The molecule has 3 rings (SSSR count). The molecule has 1 heterocycles. The van der Waals surface area contributed by atoms with Crippen LogP contribution in [0.15, 0.2) is 60.1 Å². The van der Waals surface area contributed by atoms with Gasteiger partial charge in [-0.05, 0) is 37.8 Å². The first-order valence-corrected chi connectivity index (χ1v) is 9.62. The fraction of sp³-hybridized carbons (Fsp3) is 0.238. The van der Waals surface area contributed by atoms with Crippen LogP contribution in [0.25, 0.3) is 0 Å². The molecule has 0 amide bonds. The number of alkyl halides is 3. The lowest BCUT2D eigenvalue weighted by Crippen LogP contribution is -2.53. The van der Waals surface area contributed by atoms with Crippen molar-refractivity contribution in [1.82, 2.24) is 0 Å². The Labute approximate surface area is 185 Å². The number of rotatable bonds is 7. The molecule has 6 nitrogen and oxygen atoms in total. The predicted molar refractivity (Wildman–Crippen MR) is 109 cm³/mol. The Morgan fingerprint density at radius 2 is 2.00 bits per heavy atom. The summed E-state index contributed by atoms with van der Waals surface area (Å²) in [5, 5.41) is 5.77. The smallest absolute Gasteiger partial charge is 0.442 e. The van der Waals surface area contributed by atoms with Crippen molar-refractivity contribution in [3.63, 3.8) is 0 Å². The van der Waals surface area contributed by atoms with Crippen LogP contribution in [0.1, 0.15) is 18.9 Å². The summed E-state index contributed by atoms with van der Waals surface area (Å²) in [7, 11) is 0. The van der Waals surface area contributed by atoms with E-state index in [-0.39, 0.29) is 34.5 Å². The number of oxime groups is 1. The first kappa shape index (κ1) is 23.4. The number of carbonyl (C=O) groups is 1. The van der Waals surface area contributed by atoms with E-state index in [2.05, 4.69) is 26.6 Å². The molecule has 2 aromatic carbocycles. The van der Waals surface area contributed by atoms with Gasteiger partial charge in [0, 0.05) is 5.56 Å². The van der Waals surface area contributed by atoms with Gasteiger partial charge in [-0.3, -0.25) is 0 Å². The van der Waals surface area contributed by atoms with Gasteiger partial charge in [0.15, 0.2) is 5.88 Å². The molecule has 170 valence electrons. The van der Waals surface area contributed by atoms with Crippen molar-refractivity contribution in [2.75, 3.05) is 11.9 Å². The van der Waals surface area contributed by atoms with Gasteiger partial charge in [-0.1, -0.05) is 35.0 Å². The van der Waals surface area contributed by atoms with Gasteiger partial charge < -0.3 is 19.6 Å². The Morgan fingerprint density at radius 1 is 1.31 bits per heavy atom. The highest BCUT2D eigenvalue weighted by molar-refractivity contribution is 6.34. The molecule has 0 aliphatic carbocycles. The van der Waals surface area contributed by atoms with E-state index < -0.39 is 30.0 Å². The van der Waals surface area contributed by atoms with Crippen LogP contribution >= 0.6 is 11.6 Å². The number of esters is 1. The maximum Gasteiger partial charge on any atom is 0.442 e. The molecule has 0 bridgehead atoms. The van der Waals surface area contributed by atoms with Crippen LogP contribution < -0.4 is 10.1 Å². The monoisotopic (exact) mass is 472 g/mol. The predicted octanol–water partition coefficient (Wildman–Crippen LogP) is 5.43. The van der Waals surface area contributed by atoms with Crippen molar-refractivity contribution in [2.45, 2.75) is 25.1 Å². The standard InChI is InChI=1S/C21H17ClF4N2O4/c1-3-30-19(29)20(21(24,25)26)11-18(28-32-20)14-9-17(16(23)10-15(14)22)27-12(2)31-13-7-5-4-6-8-13/h4-10,27H,2-3,11H2,1H3. The molecule has 2 aromatic rings. The van der Waals surface area contributed by atoms with Crippen LogP contribution in [-0.2, 0) is 14.4 Å². The van der Waals surface area contributed by atoms with E-state index >= 15 is 0 Å². The van der Waals surface area contributed by atoms with Crippen LogP contribution in [0, 0.1) is 5.82 Å². The molecule has 1 aliphatic rings. The Balaban J connectivity index is 1.86. The Bertz CT molecular complexity index is 1060. The lowest BCUT2D eigenvalue weighted by atomic mass is 9.93. The number of hydrogen-bond donors (Lipinski definition) is 1. The average Bonchev–Trinajstić information content (AvgIpc) is 3.18. The van der Waals surface area contributed by atoms with Crippen LogP contribution in [0.4, 0.5) is 23.2 Å². The van der Waals surface area contributed by atoms with E-state index in [1.165, 1.54) is 6.92 Å². The first-order valence-electron chi connectivity index (χ1n) is 9.24. The molecular weight excluding hydrogens is 456 g/mol. The molecule has 1 aliphatic heterocycles. The van der Waals surface area contributed by atoms with Gasteiger partial charge in [-0.25, -0.2) is 9.18 Å². The number of para-hydroxylation sites is 1. The van der Waals surface area contributed by atoms with Gasteiger partial charge in [0.05, 0.1) is 29.4 Å². The van der Waals surface area contributed by atoms with E-state index in [0.29, 0.717) is 5.75 Å². The molecule has 0 fully saturated rings. The van der Waals surface area contributed by atoms with Crippen molar-refractivity contribution in [3.8, 4) is 5.75 Å². The Kier molecular flexibility index (Phi) is 6.63. The van der Waals surface area contributed by atoms with Crippen LogP contribution in [0.5, 0.6) is 5.75 Å². The van der Waals surface area contributed by atoms with Crippen molar-refractivity contribution in [1.29, 1.82) is 0 Å². The van der Waals surface area contributed by atoms with Gasteiger partial charge >= 0.3 is 17.7 Å². The summed E-state index contributed by atoms with van der Waals surface area (Å²) < 4.78 is 65.4. The third-order valence-corrected chi connectivity index (χ3v) is 4.73. The minimum atomic E-state index is -5.12. The highest BCUT2D eigenvalue weighted by Gasteiger charge is 2.68. The second-order valence-corrected chi connectivity index (χ2v) is 7.03. The topological polar surface area (TPSA) is 69.2 Å². The quantitative estimate of drug-likeness (QED) is 0.330. The molecule has 32 heavy (non-hydrogen) atoms. The second kappa shape index (κ2) is 9.07. The van der Waals surface area contributed by atoms with E-state index in [1.807, 2.05) is 0 Å². The van der Waals surface area contributed by atoms with Gasteiger partial charge in [-0.2, -0.15) is 13.2 Å². The molecule has 0 radical (unpaired) electrons. The van der Waals surface area contributed by atoms with Crippen LogP contribution in [0.2, 0.25) is 5.02 Å². The summed E-state index contributed by atoms with van der Waals surface area (Å²) in [5.41, 5.74) is -3.88. The van der Waals surface area contributed by atoms with E-state index in [1.54, 1.807) is 30.3 Å². The molecule has 0 spiro atoms. The number of ether oxygens (including phenoxy) is 2. The molecular formula is C21H17ClF4N2O4. The lowest BCUT2D eigenvalue weighted by molar-refractivity contribution is -0.269. The summed E-state index contributed by atoms with van der Waals surface area (Å²) >= 11 is 6.04. The zero-order valence-electron chi connectivity index (χ0n) is 16.6. The number of nitrogens with one attached hydrogen (secondary N) is 1. The zero-order chi connectivity index (χ0) is 23.5. The summed E-state index contributed by atoms with van der Waals surface area (Å²) in [6.07, 6.45) is -6.11. The van der Waals surface area contributed by atoms with Crippen molar-refractivity contribution in [2.24, 2.45) is 5.16 Å². The number of halogens is 5. The number of hydrogen-bond acceptors (Lipinski definition) is 6. The minimum Gasteiger partial charge on any atom is -0.463 e. The normalized spacial score (nSPS) is 17.9. The number of anilines is 1. The van der Waals surface area contributed by atoms with Crippen molar-refractivity contribution >= 4 is 29.0 Å². The Morgan fingerprint density at radius 3 is 2.62 bits per heavy atom. The Hall–Kier alpha value is -3.27. The molecule has 1 atom stereocenters. The van der Waals surface area contributed by atoms with Crippen LogP contribution in [0.3, 0.4) is 0 Å². The third-order valence-electron chi connectivity index (χ3n) is 4.42. The zero-order valence-corrected chi connectivity index (χ0v) is 17.4. The molecule has 0 aromatic heterocycles. The summed E-state index contributed by atoms with van der Waals surface area (Å²) in [6.45, 7) is 4.71. The average molecular weight is 473 g/mol. The lowest BCUT2D eigenvalue weighted by Gasteiger charge is -2.26. The first-order chi connectivity index (χ1) is 15.1. The molecule has 0 saturated carbocycles. The minimum absolute atomic E-state index is 0.0517. The second-order valence-electron chi connectivity index (χ2n) is 6.63. The largest absolute Gasteiger partial charge is 0.463 e. The van der Waals surface area contributed by atoms with Gasteiger partial charge in [0.1, 0.15) is 11.6 Å². The number of nitrogens with zero attached hydrogens (tertiary/aromatic N) is 1. The van der Waals surface area contributed by atoms with Crippen LogP contribution in [-0.4, -0.2) is 30.1 Å². The summed E-state index contributed by atoms with van der Waals surface area (Å²) in [5.74, 6) is -2.07. The summed E-state index contributed by atoms with van der Waals surface area (Å²) in [6, 6.07) is 10.5. The summed E-state index contributed by atoms with van der Waals surface area (Å²) in [4.78, 5) is 16.6. The van der Waals surface area contributed by atoms with E-state index in [0.717, 1.165) is 12.1 Å². The van der Waals surface area contributed by atoms with Gasteiger partial charge in [0.25, 0.3) is 0 Å². The number of benzene rings is 2. The number of carbonyl (C=O) groups excluding carboxylic acids is 1. The van der Waals surface area contributed by atoms with Crippen molar-refractivity contribution < 1.29 is 36.7 Å². The van der Waals surface area contributed by atoms with E-state index in [4.69, 9.17) is 16.3 Å². The maximum absolute atomic E-state index is 14.4. The SMILES string of the molecule is C=C(Nc1cc(C2=NOC(C(=O)OCC)(C(F)(F)F)C2)c(Cl)cc1F)Oc1ccccc1. The van der Waals surface area contributed by atoms with E-state index in [9.17, 15) is 22.4 Å². The van der Waals surface area contributed by atoms with Gasteiger partial charge in [0.2, 0.25) is 0 Å². The van der Waals surface area contributed by atoms with Gasteiger partial charge in [-0.15, -0.1) is 0 Å².